The lowest BCUT2D eigenvalue weighted by molar-refractivity contribution is 0.0702. The second-order valence-electron chi connectivity index (χ2n) is 7.06. The SMILES string of the molecule is NCc1ccc2c(c1)C1(CCNCC1)C(=C=O)N2S(=O)(=O)c1csc(C(=O)O)c1. The number of nitrogens with zero attached hydrogens (tertiary/aromatic N) is 1. The highest BCUT2D eigenvalue weighted by Crippen LogP contribution is 2.54. The van der Waals surface area contributed by atoms with Crippen LogP contribution >= 0.6 is 11.3 Å². The molecular formula is C19H19N3O5S2. The highest BCUT2D eigenvalue weighted by molar-refractivity contribution is 7.93. The molecule has 1 aromatic carbocycles. The molecule has 0 aliphatic carbocycles. The number of aromatic carboxylic acids is 1. The number of allylic oxidation sites excluding steroid dienone is 1. The van der Waals surface area contributed by atoms with Crippen molar-refractivity contribution in [3.8, 4) is 0 Å². The maximum Gasteiger partial charge on any atom is 0.345 e. The van der Waals surface area contributed by atoms with E-state index >= 15 is 0 Å². The van der Waals surface area contributed by atoms with Crippen molar-refractivity contribution in [1.82, 2.24) is 5.32 Å². The van der Waals surface area contributed by atoms with Crippen molar-refractivity contribution in [3.05, 3.63) is 51.3 Å². The number of nitrogens with one attached hydrogen (secondary N) is 1. The summed E-state index contributed by atoms with van der Waals surface area (Å²) in [6.45, 7) is 1.56. The van der Waals surface area contributed by atoms with Gasteiger partial charge in [0.1, 0.15) is 16.5 Å². The summed E-state index contributed by atoms with van der Waals surface area (Å²) in [7, 11) is -4.19. The summed E-state index contributed by atoms with van der Waals surface area (Å²) in [6.07, 6.45) is 1.10. The summed E-state index contributed by atoms with van der Waals surface area (Å²) < 4.78 is 28.0. The molecule has 152 valence electrons. The third-order valence-electron chi connectivity index (χ3n) is 5.57. The molecule has 0 saturated carbocycles. The van der Waals surface area contributed by atoms with Crippen molar-refractivity contribution in [2.24, 2.45) is 5.73 Å². The maximum atomic E-state index is 13.5. The van der Waals surface area contributed by atoms with E-state index in [-0.39, 0.29) is 15.5 Å². The number of fused-ring (bicyclic) bond motifs is 2. The number of hydrogen-bond donors (Lipinski definition) is 3. The number of sulfonamides is 1. The predicted octanol–water partition coefficient (Wildman–Crippen LogP) is 1.45. The Morgan fingerprint density at radius 3 is 2.62 bits per heavy atom. The molecule has 8 nitrogen and oxygen atoms in total. The number of rotatable bonds is 4. The van der Waals surface area contributed by atoms with Crippen LogP contribution in [0, 0.1) is 0 Å². The lowest BCUT2D eigenvalue weighted by atomic mass is 9.72. The van der Waals surface area contributed by atoms with Crippen LogP contribution in [0.15, 0.2) is 40.2 Å². The quantitative estimate of drug-likeness (QED) is 0.622. The molecule has 1 saturated heterocycles. The van der Waals surface area contributed by atoms with Crippen LogP contribution in [0.4, 0.5) is 5.69 Å². The Labute approximate surface area is 171 Å². The van der Waals surface area contributed by atoms with Gasteiger partial charge in [-0.15, -0.1) is 11.3 Å². The molecule has 2 aliphatic heterocycles. The Kier molecular flexibility index (Phi) is 4.84. The molecular weight excluding hydrogens is 414 g/mol. The molecule has 4 rings (SSSR count). The number of carboxylic acids is 1. The van der Waals surface area contributed by atoms with Crippen LogP contribution in [-0.4, -0.2) is 38.5 Å². The summed E-state index contributed by atoms with van der Waals surface area (Å²) >= 11 is 0.827. The van der Waals surface area contributed by atoms with Gasteiger partial charge in [-0.1, -0.05) is 12.1 Å². The molecule has 0 atom stereocenters. The van der Waals surface area contributed by atoms with Gasteiger partial charge in [-0.05, 0) is 49.2 Å². The van der Waals surface area contributed by atoms with E-state index in [1.807, 2.05) is 12.0 Å². The van der Waals surface area contributed by atoms with Crippen LogP contribution in [-0.2, 0) is 26.8 Å². The average molecular weight is 434 g/mol. The van der Waals surface area contributed by atoms with Gasteiger partial charge in [-0.2, -0.15) is 0 Å². The van der Waals surface area contributed by atoms with E-state index in [4.69, 9.17) is 10.8 Å². The first-order valence-corrected chi connectivity index (χ1v) is 11.3. The van der Waals surface area contributed by atoms with Gasteiger partial charge in [-0.25, -0.2) is 22.3 Å². The van der Waals surface area contributed by atoms with Crippen LogP contribution < -0.4 is 15.4 Å². The Morgan fingerprint density at radius 1 is 1.31 bits per heavy atom. The number of carboxylic acid groups (broad SMARTS) is 1. The molecule has 0 radical (unpaired) electrons. The molecule has 1 aromatic heterocycles. The zero-order valence-corrected chi connectivity index (χ0v) is 17.0. The normalized spacial score (nSPS) is 18.0. The zero-order chi connectivity index (χ0) is 20.8. The Bertz CT molecular complexity index is 1140. The maximum absolute atomic E-state index is 13.5. The summed E-state index contributed by atoms with van der Waals surface area (Å²) in [5, 5.41) is 13.7. The number of nitrogens with two attached hydrogens (primary N) is 1. The van der Waals surface area contributed by atoms with Gasteiger partial charge in [-0.3, -0.25) is 0 Å². The third kappa shape index (κ3) is 2.92. The van der Waals surface area contributed by atoms with Crippen LogP contribution in [0.1, 0.15) is 33.6 Å². The van der Waals surface area contributed by atoms with E-state index < -0.39 is 21.4 Å². The molecule has 10 heteroatoms. The van der Waals surface area contributed by atoms with E-state index in [0.717, 1.165) is 32.8 Å². The number of carbonyl (C=O) groups is 1. The largest absolute Gasteiger partial charge is 0.477 e. The van der Waals surface area contributed by atoms with E-state index in [2.05, 4.69) is 5.32 Å². The van der Waals surface area contributed by atoms with Gasteiger partial charge >= 0.3 is 5.97 Å². The standard InChI is InChI=1S/C19H19N3O5S2/c20-9-12-1-2-15-14(7-12)19(3-5-21-6-4-19)17(10-23)22(15)29(26,27)13-8-16(18(24)25)28-11-13/h1-2,7-8,11,21H,3-6,9,20H2,(H,24,25). The fourth-order valence-corrected chi connectivity index (χ4v) is 6.79. The fraction of sp³-hybridized carbons (Fsp3) is 0.316. The van der Waals surface area contributed by atoms with Gasteiger partial charge in [0.25, 0.3) is 10.0 Å². The minimum absolute atomic E-state index is 0.0475. The van der Waals surface area contributed by atoms with Crippen LogP contribution in [0.2, 0.25) is 0 Å². The first-order valence-electron chi connectivity index (χ1n) is 9.02. The molecule has 3 heterocycles. The zero-order valence-electron chi connectivity index (χ0n) is 15.3. The van der Waals surface area contributed by atoms with E-state index in [1.165, 1.54) is 5.38 Å². The summed E-state index contributed by atoms with van der Waals surface area (Å²) in [6, 6.07) is 6.38. The summed E-state index contributed by atoms with van der Waals surface area (Å²) in [4.78, 5) is 23.1. The minimum Gasteiger partial charge on any atom is -0.477 e. The van der Waals surface area contributed by atoms with Crippen LogP contribution in [0.5, 0.6) is 0 Å². The Morgan fingerprint density at radius 2 is 2.03 bits per heavy atom. The van der Waals surface area contributed by atoms with Crippen molar-refractivity contribution >= 4 is 39.0 Å². The monoisotopic (exact) mass is 433 g/mol. The average Bonchev–Trinajstić information content (AvgIpc) is 3.32. The second kappa shape index (κ2) is 7.08. The van der Waals surface area contributed by atoms with Crippen molar-refractivity contribution in [1.29, 1.82) is 0 Å². The first-order chi connectivity index (χ1) is 13.8. The first kappa shape index (κ1) is 19.8. The fourth-order valence-electron chi connectivity index (χ4n) is 4.13. The Hall–Kier alpha value is -2.49. The van der Waals surface area contributed by atoms with Crippen molar-refractivity contribution < 1.29 is 23.1 Å². The van der Waals surface area contributed by atoms with Crippen molar-refractivity contribution in [2.45, 2.75) is 29.7 Å². The van der Waals surface area contributed by atoms with Crippen molar-refractivity contribution in [2.75, 3.05) is 17.4 Å². The molecule has 2 aliphatic rings. The van der Waals surface area contributed by atoms with Gasteiger partial charge in [0.15, 0.2) is 0 Å². The topological polar surface area (TPSA) is 130 Å². The predicted molar refractivity (Wildman–Crippen MR) is 108 cm³/mol. The molecule has 0 amide bonds. The second-order valence-corrected chi connectivity index (χ2v) is 9.76. The highest BCUT2D eigenvalue weighted by atomic mass is 32.2. The highest BCUT2D eigenvalue weighted by Gasteiger charge is 2.53. The summed E-state index contributed by atoms with van der Waals surface area (Å²) in [5.41, 5.74) is 7.05. The van der Waals surface area contributed by atoms with E-state index in [1.54, 1.807) is 12.1 Å². The van der Waals surface area contributed by atoms with Crippen molar-refractivity contribution in [3.63, 3.8) is 0 Å². The van der Waals surface area contributed by atoms with E-state index in [0.29, 0.717) is 38.2 Å². The summed E-state index contributed by atoms with van der Waals surface area (Å²) in [5.74, 6) is 0.704. The smallest absolute Gasteiger partial charge is 0.345 e. The van der Waals surface area contributed by atoms with E-state index in [9.17, 15) is 18.0 Å². The number of thiophene rings is 1. The molecule has 0 unspecified atom stereocenters. The van der Waals surface area contributed by atoms with Crippen LogP contribution in [0.3, 0.4) is 0 Å². The Balaban J connectivity index is 1.94. The third-order valence-corrected chi connectivity index (χ3v) is 8.32. The lowest BCUT2D eigenvalue weighted by Crippen LogP contribution is -2.43. The minimum atomic E-state index is -4.19. The number of piperidine rings is 1. The van der Waals surface area contributed by atoms with Gasteiger partial charge in [0.2, 0.25) is 0 Å². The molecule has 0 bridgehead atoms. The van der Waals surface area contributed by atoms with Gasteiger partial charge in [0, 0.05) is 11.9 Å². The van der Waals surface area contributed by atoms with Gasteiger partial charge in [0.05, 0.1) is 16.0 Å². The lowest BCUT2D eigenvalue weighted by Gasteiger charge is -2.35. The molecule has 2 aromatic rings. The molecule has 1 spiro atoms. The molecule has 4 N–H and O–H groups in total. The molecule has 1 fully saturated rings. The number of carbonyl (C=O) groups excluding carboxylic acids is 1. The molecule has 29 heavy (non-hydrogen) atoms. The number of hydrogen-bond acceptors (Lipinski definition) is 7. The van der Waals surface area contributed by atoms with Crippen LogP contribution in [0.25, 0.3) is 0 Å². The number of anilines is 1. The van der Waals surface area contributed by atoms with Gasteiger partial charge < -0.3 is 16.2 Å². The number of benzene rings is 1.